The van der Waals surface area contributed by atoms with E-state index in [1.54, 1.807) is 31.3 Å². The molecule has 1 heterocycles. The first-order chi connectivity index (χ1) is 10.0. The van der Waals surface area contributed by atoms with Crippen molar-refractivity contribution in [2.45, 2.75) is 19.9 Å². The third-order valence-corrected chi connectivity index (χ3v) is 3.32. The van der Waals surface area contributed by atoms with E-state index in [0.717, 1.165) is 5.69 Å². The number of nitrogens with zero attached hydrogens (tertiary/aromatic N) is 2. The normalized spacial score (nSPS) is 12.0. The molecule has 2 aromatic rings. The Morgan fingerprint density at radius 1 is 1.33 bits per heavy atom. The summed E-state index contributed by atoms with van der Waals surface area (Å²) >= 11 is 0. The lowest BCUT2D eigenvalue weighted by Crippen LogP contribution is -2.13. The Morgan fingerprint density at radius 2 is 2.10 bits per heavy atom. The minimum Gasteiger partial charge on any atom is -0.455 e. The number of nitrogens with one attached hydrogen (secondary N) is 1. The van der Waals surface area contributed by atoms with Crippen LogP contribution < -0.4 is 10.1 Å². The molecule has 0 aliphatic carbocycles. The lowest BCUT2D eigenvalue weighted by Gasteiger charge is -2.11. The van der Waals surface area contributed by atoms with Crippen molar-refractivity contribution in [1.29, 1.82) is 0 Å². The van der Waals surface area contributed by atoms with Crippen LogP contribution in [0.25, 0.3) is 0 Å². The van der Waals surface area contributed by atoms with Crippen molar-refractivity contribution in [3.8, 4) is 11.5 Å². The van der Waals surface area contributed by atoms with Crippen molar-refractivity contribution in [1.82, 2.24) is 10.3 Å². The van der Waals surface area contributed by atoms with Crippen molar-refractivity contribution in [2.24, 2.45) is 0 Å². The molecular formula is C15H17N3O3. The summed E-state index contributed by atoms with van der Waals surface area (Å²) in [6.45, 7) is 3.67. The van der Waals surface area contributed by atoms with Gasteiger partial charge in [-0.1, -0.05) is 6.07 Å². The zero-order valence-corrected chi connectivity index (χ0v) is 12.2. The van der Waals surface area contributed by atoms with Crippen LogP contribution in [0.1, 0.15) is 24.2 Å². The van der Waals surface area contributed by atoms with Gasteiger partial charge >= 0.3 is 0 Å². The molecule has 0 aliphatic heterocycles. The van der Waals surface area contributed by atoms with Crippen LogP contribution in [0.15, 0.2) is 36.5 Å². The molecule has 1 atom stereocenters. The van der Waals surface area contributed by atoms with Crippen LogP contribution in [0.3, 0.4) is 0 Å². The minimum absolute atomic E-state index is 0.0425. The van der Waals surface area contributed by atoms with Gasteiger partial charge in [0.15, 0.2) is 0 Å². The number of benzene rings is 1. The Balaban J connectivity index is 2.22. The van der Waals surface area contributed by atoms with Crippen LogP contribution >= 0.6 is 0 Å². The number of hydrogen-bond acceptors (Lipinski definition) is 5. The van der Waals surface area contributed by atoms with Crippen molar-refractivity contribution in [2.75, 3.05) is 7.05 Å². The van der Waals surface area contributed by atoms with Crippen LogP contribution in [0.4, 0.5) is 5.69 Å². The molecule has 1 N–H and O–H groups in total. The lowest BCUT2D eigenvalue weighted by molar-refractivity contribution is -0.385. The molecule has 2 rings (SSSR count). The van der Waals surface area contributed by atoms with Gasteiger partial charge in [0, 0.05) is 12.1 Å². The van der Waals surface area contributed by atoms with Crippen LogP contribution in [0.2, 0.25) is 0 Å². The Labute approximate surface area is 122 Å². The molecule has 0 saturated heterocycles. The summed E-state index contributed by atoms with van der Waals surface area (Å²) in [7, 11) is 1.86. The summed E-state index contributed by atoms with van der Waals surface area (Å²) in [6.07, 6.45) is 1.61. The topological polar surface area (TPSA) is 77.3 Å². The molecule has 0 fully saturated rings. The second kappa shape index (κ2) is 6.32. The van der Waals surface area contributed by atoms with Crippen molar-refractivity contribution in [3.63, 3.8) is 0 Å². The van der Waals surface area contributed by atoms with E-state index in [1.165, 1.54) is 6.07 Å². The van der Waals surface area contributed by atoms with Gasteiger partial charge in [-0.25, -0.2) is 0 Å². The van der Waals surface area contributed by atoms with E-state index < -0.39 is 4.92 Å². The highest BCUT2D eigenvalue weighted by Crippen LogP contribution is 2.30. The van der Waals surface area contributed by atoms with E-state index in [9.17, 15) is 10.1 Å². The Morgan fingerprint density at radius 3 is 2.67 bits per heavy atom. The second-order valence-electron chi connectivity index (χ2n) is 4.69. The molecule has 0 spiro atoms. The molecule has 1 aromatic heterocycles. The van der Waals surface area contributed by atoms with Gasteiger partial charge in [0.2, 0.25) is 0 Å². The van der Waals surface area contributed by atoms with Gasteiger partial charge in [-0.3, -0.25) is 15.1 Å². The standard InChI is InChI=1S/C15H17N3O3/c1-10-14(18(19)20)5-4-6-15(10)21-12-7-8-13(17-9-12)11(2)16-3/h4-9,11,16H,1-3H3. The van der Waals surface area contributed by atoms with E-state index in [2.05, 4.69) is 10.3 Å². The maximum Gasteiger partial charge on any atom is 0.276 e. The molecule has 1 aromatic carbocycles. The van der Waals surface area contributed by atoms with Crippen LogP contribution in [0, 0.1) is 17.0 Å². The van der Waals surface area contributed by atoms with Gasteiger partial charge in [-0.05, 0) is 39.1 Å². The summed E-state index contributed by atoms with van der Waals surface area (Å²) < 4.78 is 5.68. The average molecular weight is 287 g/mol. The molecule has 110 valence electrons. The summed E-state index contributed by atoms with van der Waals surface area (Å²) in [5, 5.41) is 14.0. The highest BCUT2D eigenvalue weighted by atomic mass is 16.6. The summed E-state index contributed by atoms with van der Waals surface area (Å²) in [4.78, 5) is 14.8. The molecule has 1 unspecified atom stereocenters. The van der Waals surface area contributed by atoms with Crippen LogP contribution in [-0.2, 0) is 0 Å². The minimum atomic E-state index is -0.419. The Hall–Kier alpha value is -2.47. The van der Waals surface area contributed by atoms with Crippen LogP contribution in [0.5, 0.6) is 11.5 Å². The first-order valence-corrected chi connectivity index (χ1v) is 6.58. The van der Waals surface area contributed by atoms with Crippen LogP contribution in [-0.4, -0.2) is 17.0 Å². The zero-order valence-electron chi connectivity index (χ0n) is 12.2. The van der Waals surface area contributed by atoms with Crippen molar-refractivity contribution in [3.05, 3.63) is 57.9 Å². The molecule has 0 amide bonds. The average Bonchev–Trinajstić information content (AvgIpc) is 2.49. The molecule has 21 heavy (non-hydrogen) atoms. The molecule has 0 radical (unpaired) electrons. The third kappa shape index (κ3) is 3.35. The van der Waals surface area contributed by atoms with Gasteiger partial charge < -0.3 is 10.1 Å². The number of hydrogen-bond donors (Lipinski definition) is 1. The molecule has 0 aliphatic rings. The number of aromatic nitrogens is 1. The van der Waals surface area contributed by atoms with Crippen molar-refractivity contribution < 1.29 is 9.66 Å². The SMILES string of the molecule is CNC(C)c1ccc(Oc2cccc([N+](=O)[O-])c2C)cn1. The number of rotatable bonds is 5. The lowest BCUT2D eigenvalue weighted by atomic mass is 10.2. The maximum absolute atomic E-state index is 10.9. The molecule has 6 nitrogen and oxygen atoms in total. The maximum atomic E-state index is 10.9. The monoisotopic (exact) mass is 287 g/mol. The predicted molar refractivity (Wildman–Crippen MR) is 79.6 cm³/mol. The van der Waals surface area contributed by atoms with Gasteiger partial charge in [-0.2, -0.15) is 0 Å². The molecule has 0 bridgehead atoms. The quantitative estimate of drug-likeness (QED) is 0.674. The van der Waals surface area contributed by atoms with E-state index in [1.807, 2.05) is 20.0 Å². The summed E-state index contributed by atoms with van der Waals surface area (Å²) in [5.41, 5.74) is 1.44. The van der Waals surface area contributed by atoms with E-state index in [4.69, 9.17) is 4.74 Å². The van der Waals surface area contributed by atoms with Gasteiger partial charge in [0.25, 0.3) is 5.69 Å². The highest BCUT2D eigenvalue weighted by Gasteiger charge is 2.14. The predicted octanol–water partition coefficient (Wildman–Crippen LogP) is 3.37. The second-order valence-corrected chi connectivity index (χ2v) is 4.69. The number of nitro benzene ring substituents is 1. The fraction of sp³-hybridized carbons (Fsp3) is 0.267. The van der Waals surface area contributed by atoms with E-state index >= 15 is 0 Å². The molecule has 0 saturated carbocycles. The van der Waals surface area contributed by atoms with E-state index in [0.29, 0.717) is 17.1 Å². The Bertz CT molecular complexity index is 641. The van der Waals surface area contributed by atoms with Gasteiger partial charge in [0.05, 0.1) is 22.4 Å². The van der Waals surface area contributed by atoms with Gasteiger partial charge in [-0.15, -0.1) is 0 Å². The molecule has 6 heteroatoms. The zero-order chi connectivity index (χ0) is 15.4. The summed E-state index contributed by atoms with van der Waals surface area (Å²) in [6, 6.07) is 8.58. The first kappa shape index (κ1) is 14.9. The fourth-order valence-corrected chi connectivity index (χ4v) is 1.89. The first-order valence-electron chi connectivity index (χ1n) is 6.58. The largest absolute Gasteiger partial charge is 0.455 e. The third-order valence-electron chi connectivity index (χ3n) is 3.32. The summed E-state index contributed by atoms with van der Waals surface area (Å²) in [5.74, 6) is 1.01. The number of nitro groups is 1. The smallest absolute Gasteiger partial charge is 0.276 e. The fourth-order valence-electron chi connectivity index (χ4n) is 1.89. The highest BCUT2D eigenvalue weighted by molar-refractivity contribution is 5.49. The Kier molecular flexibility index (Phi) is 4.49. The number of pyridine rings is 1. The molecular weight excluding hydrogens is 270 g/mol. The number of ether oxygens (including phenoxy) is 1. The van der Waals surface area contributed by atoms with Gasteiger partial charge in [0.1, 0.15) is 11.5 Å². The van der Waals surface area contributed by atoms with Crippen molar-refractivity contribution >= 4 is 5.69 Å². The van der Waals surface area contributed by atoms with E-state index in [-0.39, 0.29) is 11.7 Å².